The van der Waals surface area contributed by atoms with Crippen molar-refractivity contribution < 1.29 is 9.21 Å². The van der Waals surface area contributed by atoms with E-state index in [0.717, 1.165) is 34.1 Å². The van der Waals surface area contributed by atoms with E-state index in [0.29, 0.717) is 13.0 Å². The summed E-state index contributed by atoms with van der Waals surface area (Å²) in [5, 5.41) is 4.08. The lowest BCUT2D eigenvalue weighted by Gasteiger charge is -2.07. The molecule has 3 rings (SSSR count). The van der Waals surface area contributed by atoms with Crippen molar-refractivity contribution in [2.45, 2.75) is 33.6 Å². The summed E-state index contributed by atoms with van der Waals surface area (Å²) in [7, 11) is 0. The molecule has 0 aliphatic carbocycles. The third kappa shape index (κ3) is 3.35. The van der Waals surface area contributed by atoms with Gasteiger partial charge >= 0.3 is 0 Å². The lowest BCUT2D eigenvalue weighted by Crippen LogP contribution is -2.27. The van der Waals surface area contributed by atoms with Crippen molar-refractivity contribution in [3.05, 3.63) is 70.5 Å². The average Bonchev–Trinajstić information content (AvgIpc) is 2.98. The number of nitrogens with one attached hydrogen (secondary N) is 1. The molecule has 0 aliphatic rings. The molecule has 1 aromatic heterocycles. The highest BCUT2D eigenvalue weighted by atomic mass is 16.3. The summed E-state index contributed by atoms with van der Waals surface area (Å²) in [6.07, 6.45) is 2.92. The number of hydrogen-bond acceptors (Lipinski definition) is 2. The van der Waals surface area contributed by atoms with Crippen molar-refractivity contribution in [1.82, 2.24) is 5.32 Å². The summed E-state index contributed by atoms with van der Waals surface area (Å²) >= 11 is 0. The Bertz CT molecular complexity index is 862. The quantitative estimate of drug-likeness (QED) is 0.763. The summed E-state index contributed by atoms with van der Waals surface area (Å²) in [6.45, 7) is 6.86. The van der Waals surface area contributed by atoms with E-state index >= 15 is 0 Å². The van der Waals surface area contributed by atoms with Gasteiger partial charge in [-0.15, -0.1) is 0 Å². The lowest BCUT2D eigenvalue weighted by molar-refractivity contribution is -0.120. The standard InChI is InChI=1S/C21H23NO2/c1-14-11-15(2)20-18(13-24-21(20)16(14)3)12-19(23)22-10-9-17-7-5-4-6-8-17/h4-8,11,13H,9-10,12H2,1-3H3,(H,22,23). The molecule has 1 heterocycles. The Morgan fingerprint density at radius 1 is 1.08 bits per heavy atom. The van der Waals surface area contributed by atoms with Crippen LogP contribution in [0.4, 0.5) is 0 Å². The summed E-state index contributed by atoms with van der Waals surface area (Å²) in [6, 6.07) is 12.3. The van der Waals surface area contributed by atoms with E-state index in [1.165, 1.54) is 11.1 Å². The third-order valence-corrected chi connectivity index (χ3v) is 4.56. The van der Waals surface area contributed by atoms with E-state index in [1.54, 1.807) is 6.26 Å². The van der Waals surface area contributed by atoms with Gasteiger partial charge in [0.2, 0.25) is 5.91 Å². The maximum Gasteiger partial charge on any atom is 0.224 e. The monoisotopic (exact) mass is 321 g/mol. The number of rotatable bonds is 5. The van der Waals surface area contributed by atoms with Gasteiger partial charge in [0.15, 0.2) is 0 Å². The average molecular weight is 321 g/mol. The van der Waals surface area contributed by atoms with Gasteiger partial charge < -0.3 is 9.73 Å². The van der Waals surface area contributed by atoms with Gasteiger partial charge in [0.05, 0.1) is 12.7 Å². The van der Waals surface area contributed by atoms with Crippen molar-refractivity contribution in [2.75, 3.05) is 6.54 Å². The van der Waals surface area contributed by atoms with E-state index in [1.807, 2.05) is 18.2 Å². The predicted octanol–water partition coefficient (Wildman–Crippen LogP) is 4.26. The van der Waals surface area contributed by atoms with Crippen LogP contribution in [-0.4, -0.2) is 12.5 Å². The van der Waals surface area contributed by atoms with Crippen molar-refractivity contribution in [2.24, 2.45) is 0 Å². The highest BCUT2D eigenvalue weighted by Gasteiger charge is 2.15. The second kappa shape index (κ2) is 6.91. The SMILES string of the molecule is Cc1cc(C)c2c(CC(=O)NCCc3ccccc3)coc2c1C. The van der Waals surface area contributed by atoms with Gasteiger partial charge in [0, 0.05) is 17.5 Å². The van der Waals surface area contributed by atoms with Gasteiger partial charge in [-0.05, 0) is 49.4 Å². The molecule has 1 amide bonds. The van der Waals surface area contributed by atoms with Gasteiger partial charge in [-0.25, -0.2) is 0 Å². The molecule has 0 radical (unpaired) electrons. The normalized spacial score (nSPS) is 11.0. The van der Waals surface area contributed by atoms with E-state index in [-0.39, 0.29) is 5.91 Å². The van der Waals surface area contributed by atoms with Crippen LogP contribution in [0.25, 0.3) is 11.0 Å². The van der Waals surface area contributed by atoms with E-state index in [9.17, 15) is 4.79 Å². The Labute approximate surface area is 142 Å². The van der Waals surface area contributed by atoms with Crippen LogP contribution in [0.15, 0.2) is 47.1 Å². The second-order valence-electron chi connectivity index (χ2n) is 6.36. The molecular formula is C21H23NO2. The Hall–Kier alpha value is -2.55. The Kier molecular flexibility index (Phi) is 4.70. The molecule has 0 spiro atoms. The number of carbonyl (C=O) groups is 1. The third-order valence-electron chi connectivity index (χ3n) is 4.56. The minimum atomic E-state index is 0.0336. The van der Waals surface area contributed by atoms with Gasteiger partial charge in [-0.1, -0.05) is 36.4 Å². The van der Waals surface area contributed by atoms with Crippen LogP contribution in [0.1, 0.15) is 27.8 Å². The van der Waals surface area contributed by atoms with Gasteiger partial charge in [-0.3, -0.25) is 4.79 Å². The first-order valence-electron chi connectivity index (χ1n) is 8.33. The molecule has 0 fully saturated rings. The molecule has 124 valence electrons. The second-order valence-corrected chi connectivity index (χ2v) is 6.36. The Morgan fingerprint density at radius 2 is 1.83 bits per heavy atom. The first kappa shape index (κ1) is 16.3. The molecular weight excluding hydrogens is 298 g/mol. The highest BCUT2D eigenvalue weighted by molar-refractivity contribution is 5.91. The van der Waals surface area contributed by atoms with Crippen LogP contribution in [0, 0.1) is 20.8 Å². The summed E-state index contributed by atoms with van der Waals surface area (Å²) < 4.78 is 5.74. The number of furan rings is 1. The van der Waals surface area contributed by atoms with E-state index in [4.69, 9.17) is 4.42 Å². The Balaban J connectivity index is 1.67. The van der Waals surface area contributed by atoms with Crippen molar-refractivity contribution in [3.8, 4) is 0 Å². The molecule has 0 atom stereocenters. The van der Waals surface area contributed by atoms with Gasteiger partial charge in [0.25, 0.3) is 0 Å². The first-order chi connectivity index (χ1) is 11.6. The van der Waals surface area contributed by atoms with Crippen LogP contribution in [0.2, 0.25) is 0 Å². The zero-order valence-corrected chi connectivity index (χ0v) is 14.5. The molecule has 0 unspecified atom stereocenters. The number of aryl methyl sites for hydroxylation is 3. The highest BCUT2D eigenvalue weighted by Crippen LogP contribution is 2.30. The number of benzene rings is 2. The van der Waals surface area contributed by atoms with Crippen LogP contribution >= 0.6 is 0 Å². The largest absolute Gasteiger partial charge is 0.464 e. The first-order valence-corrected chi connectivity index (χ1v) is 8.33. The minimum absolute atomic E-state index is 0.0336. The van der Waals surface area contributed by atoms with Crippen LogP contribution in [-0.2, 0) is 17.6 Å². The van der Waals surface area contributed by atoms with Crippen LogP contribution in [0.5, 0.6) is 0 Å². The molecule has 0 saturated carbocycles. The number of hydrogen-bond donors (Lipinski definition) is 1. The van der Waals surface area contributed by atoms with Crippen molar-refractivity contribution in [1.29, 1.82) is 0 Å². The number of amides is 1. The molecule has 0 aliphatic heterocycles. The summed E-state index contributed by atoms with van der Waals surface area (Å²) in [4.78, 5) is 12.3. The van der Waals surface area contributed by atoms with Crippen molar-refractivity contribution >= 4 is 16.9 Å². The molecule has 0 saturated heterocycles. The zero-order chi connectivity index (χ0) is 17.1. The fourth-order valence-corrected chi connectivity index (χ4v) is 3.14. The summed E-state index contributed by atoms with van der Waals surface area (Å²) in [5.41, 5.74) is 6.62. The van der Waals surface area contributed by atoms with Crippen molar-refractivity contribution in [3.63, 3.8) is 0 Å². The topological polar surface area (TPSA) is 42.2 Å². The molecule has 1 N–H and O–H groups in total. The van der Waals surface area contributed by atoms with E-state index in [2.05, 4.69) is 44.3 Å². The number of fused-ring (bicyclic) bond motifs is 1. The van der Waals surface area contributed by atoms with Gasteiger partial charge in [0.1, 0.15) is 5.58 Å². The van der Waals surface area contributed by atoms with Crippen LogP contribution < -0.4 is 5.32 Å². The van der Waals surface area contributed by atoms with E-state index < -0.39 is 0 Å². The summed E-state index contributed by atoms with van der Waals surface area (Å²) in [5.74, 6) is 0.0336. The molecule has 24 heavy (non-hydrogen) atoms. The maximum absolute atomic E-state index is 12.3. The fourth-order valence-electron chi connectivity index (χ4n) is 3.14. The smallest absolute Gasteiger partial charge is 0.224 e. The Morgan fingerprint density at radius 3 is 2.58 bits per heavy atom. The molecule has 3 aromatic rings. The van der Waals surface area contributed by atoms with Crippen LogP contribution in [0.3, 0.4) is 0 Å². The molecule has 3 heteroatoms. The van der Waals surface area contributed by atoms with Gasteiger partial charge in [-0.2, -0.15) is 0 Å². The molecule has 2 aromatic carbocycles. The fraction of sp³-hybridized carbons (Fsp3) is 0.286. The zero-order valence-electron chi connectivity index (χ0n) is 14.5. The predicted molar refractivity (Wildman–Crippen MR) is 97.3 cm³/mol. The maximum atomic E-state index is 12.3. The lowest BCUT2D eigenvalue weighted by atomic mass is 9.99. The molecule has 3 nitrogen and oxygen atoms in total. The molecule has 0 bridgehead atoms. The minimum Gasteiger partial charge on any atom is -0.464 e. The number of carbonyl (C=O) groups excluding carboxylic acids is 1.